The number of fused-ring (bicyclic) bond motifs is 2. The minimum absolute atomic E-state index is 0.0341. The van der Waals surface area contributed by atoms with Crippen LogP contribution in [-0.4, -0.2) is 78.5 Å². The van der Waals surface area contributed by atoms with Crippen LogP contribution in [0.2, 0.25) is 0 Å². The van der Waals surface area contributed by atoms with E-state index in [0.717, 1.165) is 73.9 Å². The molecule has 0 radical (unpaired) electrons. The smallest absolute Gasteiger partial charge is 0.329 e. The summed E-state index contributed by atoms with van der Waals surface area (Å²) in [7, 11) is 5.25. The van der Waals surface area contributed by atoms with Gasteiger partial charge in [0.15, 0.2) is 0 Å². The summed E-state index contributed by atoms with van der Waals surface area (Å²) in [5.41, 5.74) is 4.53. The maximum Gasteiger partial charge on any atom is 0.329 e. The molecule has 4 aromatic heterocycles. The first-order chi connectivity index (χ1) is 26.1. The topological polar surface area (TPSA) is 152 Å². The minimum Gasteiger partial charge on any atom is -0.369 e. The van der Waals surface area contributed by atoms with Crippen LogP contribution in [0.4, 0.5) is 17.5 Å². The Morgan fingerprint density at radius 3 is 2.52 bits per heavy atom. The quantitative estimate of drug-likeness (QED) is 0.193. The van der Waals surface area contributed by atoms with Crippen LogP contribution in [0.25, 0.3) is 22.1 Å². The van der Waals surface area contributed by atoms with Gasteiger partial charge in [0.1, 0.15) is 23.2 Å². The van der Waals surface area contributed by atoms with Crippen molar-refractivity contribution >= 4 is 57.2 Å². The average molecular weight is 727 g/mol. The number of piperidine rings is 1. The molecule has 54 heavy (non-hydrogen) atoms. The predicted octanol–water partition coefficient (Wildman–Crippen LogP) is 4.29. The molecule has 2 saturated heterocycles. The van der Waals surface area contributed by atoms with E-state index < -0.39 is 11.9 Å². The number of amides is 3. The van der Waals surface area contributed by atoms with Gasteiger partial charge in [-0.3, -0.25) is 28.8 Å². The van der Waals surface area contributed by atoms with Crippen molar-refractivity contribution in [3.63, 3.8) is 0 Å². The fourth-order valence-electron chi connectivity index (χ4n) is 9.00. The number of hydrogen-bond donors (Lipinski definition) is 2. The van der Waals surface area contributed by atoms with Crippen molar-refractivity contribution in [2.24, 2.45) is 18.4 Å². The number of nitrogens with zero attached hydrogens (tertiary/aromatic N) is 8. The molecular weight excluding hydrogens is 685 g/mol. The molecule has 4 aliphatic rings. The Morgan fingerprint density at radius 1 is 1.00 bits per heavy atom. The van der Waals surface area contributed by atoms with Crippen LogP contribution < -0.4 is 21.2 Å². The van der Waals surface area contributed by atoms with E-state index in [0.29, 0.717) is 34.9 Å². The van der Waals surface area contributed by atoms with Crippen LogP contribution in [0.15, 0.2) is 53.6 Å². The summed E-state index contributed by atoms with van der Waals surface area (Å²) in [6, 6.07) is 11.0. The molecule has 0 bridgehead atoms. The largest absolute Gasteiger partial charge is 0.369 e. The summed E-state index contributed by atoms with van der Waals surface area (Å²) in [6.45, 7) is 1.90. The number of carbonyl (C=O) groups is 3. The van der Waals surface area contributed by atoms with Crippen molar-refractivity contribution in [3.8, 4) is 11.8 Å². The van der Waals surface area contributed by atoms with E-state index >= 15 is 0 Å². The van der Waals surface area contributed by atoms with Crippen molar-refractivity contribution < 1.29 is 14.4 Å². The average Bonchev–Trinajstić information content (AvgIpc) is 3.84. The molecule has 1 aromatic carbocycles. The maximum absolute atomic E-state index is 13.3. The number of imidazole rings is 1. The SMILES string of the molecule is CN(C)C(=O)c1cc2cnc(Nc3ccc(N4CC5(CC(C#Cc6cccc7c6n(C)c(=O)n7[C@H]6CCC(=O)NC6=O)C5)C4)cn3)nc2n1C1CCCC1. The van der Waals surface area contributed by atoms with Crippen molar-refractivity contribution in [3.05, 3.63) is 70.5 Å². The number of para-hydroxylation sites is 1. The monoisotopic (exact) mass is 726 g/mol. The summed E-state index contributed by atoms with van der Waals surface area (Å²) < 4.78 is 5.16. The number of carbonyl (C=O) groups excluding carboxylic acids is 3. The zero-order valence-corrected chi connectivity index (χ0v) is 30.6. The normalized spacial score (nSPS) is 19.8. The van der Waals surface area contributed by atoms with Gasteiger partial charge < -0.3 is 19.7 Å². The second-order valence-electron chi connectivity index (χ2n) is 15.6. The Morgan fingerprint density at radius 2 is 1.80 bits per heavy atom. The highest BCUT2D eigenvalue weighted by atomic mass is 16.2. The van der Waals surface area contributed by atoms with Gasteiger partial charge in [0, 0.05) is 69.6 Å². The summed E-state index contributed by atoms with van der Waals surface area (Å²) >= 11 is 0. The van der Waals surface area contributed by atoms with E-state index in [-0.39, 0.29) is 41.3 Å². The highest BCUT2D eigenvalue weighted by Crippen LogP contribution is 2.52. The second-order valence-corrected chi connectivity index (χ2v) is 15.6. The number of benzene rings is 1. The molecule has 14 nitrogen and oxygen atoms in total. The molecule has 5 aromatic rings. The molecule has 276 valence electrons. The van der Waals surface area contributed by atoms with Crippen LogP contribution in [0.1, 0.15) is 79.5 Å². The highest BCUT2D eigenvalue weighted by molar-refractivity contribution is 6.00. The third kappa shape index (κ3) is 5.69. The predicted molar refractivity (Wildman–Crippen MR) is 203 cm³/mol. The van der Waals surface area contributed by atoms with Crippen LogP contribution >= 0.6 is 0 Å². The molecule has 4 fully saturated rings. The fraction of sp³-hybridized carbons (Fsp3) is 0.425. The number of anilines is 3. The van der Waals surface area contributed by atoms with Gasteiger partial charge in [-0.2, -0.15) is 4.98 Å². The molecule has 2 N–H and O–H groups in total. The fourth-order valence-corrected chi connectivity index (χ4v) is 9.00. The molecule has 6 heterocycles. The number of hydrogen-bond acceptors (Lipinski definition) is 9. The summed E-state index contributed by atoms with van der Waals surface area (Å²) in [5.74, 6) is 7.37. The molecule has 2 aliphatic carbocycles. The lowest BCUT2D eigenvalue weighted by atomic mass is 9.58. The molecule has 2 saturated carbocycles. The van der Waals surface area contributed by atoms with E-state index in [1.807, 2.05) is 36.5 Å². The summed E-state index contributed by atoms with van der Waals surface area (Å²) in [4.78, 5) is 68.7. The molecule has 1 spiro atoms. The minimum atomic E-state index is -0.725. The molecular formula is C40H42N10O4. The van der Waals surface area contributed by atoms with Gasteiger partial charge in [0.25, 0.3) is 5.91 Å². The Kier molecular flexibility index (Phi) is 8.06. The van der Waals surface area contributed by atoms with Crippen molar-refractivity contribution in [2.45, 2.75) is 63.5 Å². The van der Waals surface area contributed by atoms with E-state index in [1.54, 1.807) is 36.8 Å². The van der Waals surface area contributed by atoms with Gasteiger partial charge in [-0.15, -0.1) is 0 Å². The molecule has 2 aliphatic heterocycles. The number of aryl methyl sites for hydroxylation is 1. The number of rotatable bonds is 6. The molecule has 1 atom stereocenters. The maximum atomic E-state index is 13.3. The number of pyridine rings is 1. The van der Waals surface area contributed by atoms with Crippen LogP contribution in [0.5, 0.6) is 0 Å². The van der Waals surface area contributed by atoms with Crippen molar-refractivity contribution in [2.75, 3.05) is 37.4 Å². The number of nitrogens with one attached hydrogen (secondary N) is 2. The lowest BCUT2D eigenvalue weighted by Crippen LogP contribution is -2.62. The highest BCUT2D eigenvalue weighted by Gasteiger charge is 2.52. The van der Waals surface area contributed by atoms with Gasteiger partial charge in [0.05, 0.1) is 28.5 Å². The van der Waals surface area contributed by atoms with Crippen molar-refractivity contribution in [1.29, 1.82) is 0 Å². The standard InChI is InChI=1S/C40H42N10O4/c1-46(2)37(53)31-17-26-20-42-38(45-35(26)49(31)27-8-4-5-9-27)43-32-15-13-28(21-41-32)48-22-40(23-48)18-24(19-40)11-12-25-7-6-10-29-34(25)47(3)39(54)50(29)30-14-16-33(51)44-36(30)52/h6-7,10,13,15,17,20-21,24,27,30H,4-5,8-9,14,16,18-19,22-23H2,1-3H3,(H,44,51,52)(H,41,42,43,45)/t30-/m0/s1. The zero-order valence-electron chi connectivity index (χ0n) is 30.6. The van der Waals surface area contributed by atoms with Crippen molar-refractivity contribution in [1.82, 2.24) is 38.9 Å². The summed E-state index contributed by atoms with van der Waals surface area (Å²) in [6.07, 6.45) is 10.5. The van der Waals surface area contributed by atoms with Crippen LogP contribution in [0.3, 0.4) is 0 Å². The first-order valence-electron chi connectivity index (χ1n) is 18.7. The van der Waals surface area contributed by atoms with E-state index in [1.165, 1.54) is 4.57 Å². The first kappa shape index (κ1) is 33.8. The third-order valence-electron chi connectivity index (χ3n) is 11.7. The first-order valence-corrected chi connectivity index (χ1v) is 18.7. The van der Waals surface area contributed by atoms with Crippen LogP contribution in [-0.2, 0) is 16.6 Å². The van der Waals surface area contributed by atoms with E-state index in [2.05, 4.69) is 48.0 Å². The third-order valence-corrected chi connectivity index (χ3v) is 11.7. The Hall–Kier alpha value is -5.97. The van der Waals surface area contributed by atoms with Gasteiger partial charge in [-0.25, -0.2) is 14.8 Å². The Balaban J connectivity index is 0.842. The number of imide groups is 1. The Labute approximate surface area is 311 Å². The summed E-state index contributed by atoms with van der Waals surface area (Å²) in [5, 5.41) is 6.48. The van der Waals surface area contributed by atoms with E-state index in [9.17, 15) is 19.2 Å². The van der Waals surface area contributed by atoms with Gasteiger partial charge in [-0.1, -0.05) is 30.7 Å². The molecule has 9 rings (SSSR count). The lowest BCUT2D eigenvalue weighted by molar-refractivity contribution is -0.135. The Bertz CT molecular complexity index is 2460. The number of aromatic nitrogens is 6. The zero-order chi connectivity index (χ0) is 37.3. The second kappa shape index (κ2) is 12.9. The van der Waals surface area contributed by atoms with Gasteiger partial charge in [0.2, 0.25) is 17.8 Å². The molecule has 0 unspecified atom stereocenters. The van der Waals surface area contributed by atoms with Crippen LogP contribution in [0, 0.1) is 23.2 Å². The van der Waals surface area contributed by atoms with Gasteiger partial charge in [-0.05, 0) is 62.4 Å². The van der Waals surface area contributed by atoms with E-state index in [4.69, 9.17) is 4.98 Å². The van der Waals surface area contributed by atoms with Gasteiger partial charge >= 0.3 is 5.69 Å². The lowest BCUT2D eigenvalue weighted by Gasteiger charge is -2.59. The molecule has 14 heteroatoms. The molecule has 3 amide bonds.